The van der Waals surface area contributed by atoms with Gasteiger partial charge in [0.1, 0.15) is 0 Å². The highest BCUT2D eigenvalue weighted by Crippen LogP contribution is 2.39. The van der Waals surface area contributed by atoms with E-state index in [1.165, 1.54) is 39.5 Å². The van der Waals surface area contributed by atoms with Gasteiger partial charge in [-0.1, -0.05) is 13.3 Å². The molecule has 0 spiro atoms. The van der Waals surface area contributed by atoms with Gasteiger partial charge in [0.15, 0.2) is 0 Å². The zero-order valence-corrected chi connectivity index (χ0v) is 9.74. The number of carbonyl (C=O) groups excluding carboxylic acids is 1. The molecule has 1 aliphatic carbocycles. The Hall–Kier alpha value is -0.570. The summed E-state index contributed by atoms with van der Waals surface area (Å²) in [6.45, 7) is 4.59. The van der Waals surface area contributed by atoms with Crippen LogP contribution in [0.1, 0.15) is 32.6 Å². The van der Waals surface area contributed by atoms with E-state index in [1.807, 2.05) is 0 Å². The molecule has 3 unspecified atom stereocenters. The average molecular weight is 211 g/mol. The number of hydrogen-bond donors (Lipinski definition) is 0. The second-order valence-electron chi connectivity index (χ2n) is 4.93. The maximum atomic E-state index is 11.5. The fraction of sp³-hybridized carbons (Fsp3) is 0.917. The van der Waals surface area contributed by atoms with E-state index in [4.69, 9.17) is 4.74 Å². The number of likely N-dealkylation sites (tertiary alicyclic amines) is 1. The Morgan fingerprint density at radius 3 is 2.47 bits per heavy atom. The lowest BCUT2D eigenvalue weighted by Gasteiger charge is -2.49. The van der Waals surface area contributed by atoms with E-state index in [9.17, 15) is 4.79 Å². The van der Waals surface area contributed by atoms with Crippen molar-refractivity contribution in [2.75, 3.05) is 20.2 Å². The third kappa shape index (κ3) is 2.03. The number of hydrogen-bond acceptors (Lipinski definition) is 3. The number of ether oxygens (including phenoxy) is 1. The first-order valence-corrected chi connectivity index (χ1v) is 6.06. The Balaban J connectivity index is 1.96. The van der Waals surface area contributed by atoms with Crippen LogP contribution >= 0.6 is 0 Å². The topological polar surface area (TPSA) is 29.5 Å². The maximum absolute atomic E-state index is 11.5. The summed E-state index contributed by atoms with van der Waals surface area (Å²) in [5.41, 5.74) is 0. The highest BCUT2D eigenvalue weighted by molar-refractivity contribution is 5.74. The average Bonchev–Trinajstić information content (AvgIpc) is 2.26. The van der Waals surface area contributed by atoms with Gasteiger partial charge in [-0.25, -0.2) is 0 Å². The summed E-state index contributed by atoms with van der Waals surface area (Å²) < 4.78 is 4.86. The van der Waals surface area contributed by atoms with Crippen LogP contribution in [-0.2, 0) is 9.53 Å². The van der Waals surface area contributed by atoms with E-state index >= 15 is 0 Å². The fourth-order valence-electron chi connectivity index (χ4n) is 3.10. The standard InChI is InChI=1S/C12H21NO2/c1-9-8-10(12(14)15-2)11(9)13-6-4-3-5-7-13/h9-11H,3-8H2,1-2H3. The molecule has 1 heterocycles. The number of esters is 1. The molecule has 0 aromatic rings. The number of methoxy groups -OCH3 is 1. The van der Waals surface area contributed by atoms with Crippen molar-refractivity contribution in [3.63, 3.8) is 0 Å². The van der Waals surface area contributed by atoms with E-state index < -0.39 is 0 Å². The molecule has 3 heteroatoms. The van der Waals surface area contributed by atoms with E-state index in [-0.39, 0.29) is 11.9 Å². The number of rotatable bonds is 2. The van der Waals surface area contributed by atoms with Crippen molar-refractivity contribution in [3.8, 4) is 0 Å². The smallest absolute Gasteiger partial charge is 0.310 e. The van der Waals surface area contributed by atoms with Gasteiger partial charge in [0.25, 0.3) is 0 Å². The summed E-state index contributed by atoms with van der Waals surface area (Å²) in [6, 6.07) is 0.456. The first-order valence-electron chi connectivity index (χ1n) is 6.06. The summed E-state index contributed by atoms with van der Waals surface area (Å²) >= 11 is 0. The molecule has 2 fully saturated rings. The van der Waals surface area contributed by atoms with Gasteiger partial charge in [0.05, 0.1) is 13.0 Å². The van der Waals surface area contributed by atoms with E-state index in [0.717, 1.165) is 6.42 Å². The van der Waals surface area contributed by atoms with Crippen molar-refractivity contribution in [1.29, 1.82) is 0 Å². The zero-order valence-electron chi connectivity index (χ0n) is 9.74. The molecule has 0 aromatic heterocycles. The lowest BCUT2D eigenvalue weighted by Crippen LogP contribution is -2.57. The van der Waals surface area contributed by atoms with Gasteiger partial charge in [0, 0.05) is 6.04 Å². The minimum absolute atomic E-state index is 0.0105. The summed E-state index contributed by atoms with van der Waals surface area (Å²) in [5, 5.41) is 0. The van der Waals surface area contributed by atoms with Gasteiger partial charge in [-0.15, -0.1) is 0 Å². The normalized spacial score (nSPS) is 37.1. The molecular weight excluding hydrogens is 190 g/mol. The summed E-state index contributed by atoms with van der Waals surface area (Å²) in [5.74, 6) is 0.791. The molecule has 0 radical (unpaired) electrons. The van der Waals surface area contributed by atoms with Crippen LogP contribution in [0.3, 0.4) is 0 Å². The third-order valence-electron chi connectivity index (χ3n) is 3.94. The summed E-state index contributed by atoms with van der Waals surface area (Å²) in [7, 11) is 1.50. The molecule has 0 N–H and O–H groups in total. The van der Waals surface area contributed by atoms with E-state index in [2.05, 4.69) is 11.8 Å². The molecule has 15 heavy (non-hydrogen) atoms. The SMILES string of the molecule is COC(=O)C1CC(C)C1N1CCCCC1. The van der Waals surface area contributed by atoms with Crippen LogP contribution in [0, 0.1) is 11.8 Å². The van der Waals surface area contributed by atoms with Crippen molar-refractivity contribution in [1.82, 2.24) is 4.90 Å². The van der Waals surface area contributed by atoms with Gasteiger partial charge < -0.3 is 4.74 Å². The van der Waals surface area contributed by atoms with Crippen molar-refractivity contribution in [2.24, 2.45) is 11.8 Å². The van der Waals surface area contributed by atoms with Gasteiger partial charge >= 0.3 is 5.97 Å². The third-order valence-corrected chi connectivity index (χ3v) is 3.94. The van der Waals surface area contributed by atoms with Crippen molar-refractivity contribution in [3.05, 3.63) is 0 Å². The van der Waals surface area contributed by atoms with Gasteiger partial charge in [0.2, 0.25) is 0 Å². The number of piperidine rings is 1. The monoisotopic (exact) mass is 211 g/mol. The Morgan fingerprint density at radius 1 is 1.27 bits per heavy atom. The molecule has 3 nitrogen and oxygen atoms in total. The van der Waals surface area contributed by atoms with Crippen LogP contribution in [0.15, 0.2) is 0 Å². The van der Waals surface area contributed by atoms with Crippen LogP contribution in [-0.4, -0.2) is 37.1 Å². The minimum atomic E-state index is -0.0105. The van der Waals surface area contributed by atoms with Crippen molar-refractivity contribution in [2.45, 2.75) is 38.6 Å². The van der Waals surface area contributed by atoms with Crippen LogP contribution in [0.25, 0.3) is 0 Å². The Kier molecular flexibility index (Phi) is 3.29. The molecule has 0 aromatic carbocycles. The largest absolute Gasteiger partial charge is 0.469 e. The fourth-order valence-corrected chi connectivity index (χ4v) is 3.10. The second kappa shape index (κ2) is 4.52. The molecule has 2 aliphatic rings. The lowest BCUT2D eigenvalue weighted by atomic mass is 9.69. The van der Waals surface area contributed by atoms with Crippen molar-refractivity contribution >= 4 is 5.97 Å². The molecule has 1 saturated heterocycles. The predicted octanol–water partition coefficient (Wildman–Crippen LogP) is 1.67. The molecule has 86 valence electrons. The Bertz CT molecular complexity index is 236. The first kappa shape index (κ1) is 10.9. The van der Waals surface area contributed by atoms with Crippen molar-refractivity contribution < 1.29 is 9.53 Å². The van der Waals surface area contributed by atoms with Crippen LogP contribution in [0.2, 0.25) is 0 Å². The van der Waals surface area contributed by atoms with E-state index in [0.29, 0.717) is 12.0 Å². The molecule has 3 atom stereocenters. The first-order chi connectivity index (χ1) is 7.24. The highest BCUT2D eigenvalue weighted by Gasteiger charge is 2.46. The molecule has 2 rings (SSSR count). The molecular formula is C12H21NO2. The maximum Gasteiger partial charge on any atom is 0.310 e. The number of nitrogens with zero attached hydrogens (tertiary/aromatic N) is 1. The summed E-state index contributed by atoms with van der Waals surface area (Å²) in [6.07, 6.45) is 4.93. The second-order valence-corrected chi connectivity index (χ2v) is 4.93. The highest BCUT2D eigenvalue weighted by atomic mass is 16.5. The minimum Gasteiger partial charge on any atom is -0.469 e. The van der Waals surface area contributed by atoms with Crippen LogP contribution < -0.4 is 0 Å². The predicted molar refractivity (Wildman–Crippen MR) is 58.5 cm³/mol. The van der Waals surface area contributed by atoms with Gasteiger partial charge in [-0.2, -0.15) is 0 Å². The van der Waals surface area contributed by atoms with Crippen LogP contribution in [0.4, 0.5) is 0 Å². The lowest BCUT2D eigenvalue weighted by molar-refractivity contribution is -0.156. The Morgan fingerprint density at radius 2 is 1.93 bits per heavy atom. The summed E-state index contributed by atoms with van der Waals surface area (Å²) in [4.78, 5) is 14.0. The number of carbonyl (C=O) groups is 1. The molecule has 0 bridgehead atoms. The van der Waals surface area contributed by atoms with Crippen LogP contribution in [0.5, 0.6) is 0 Å². The Labute approximate surface area is 91.8 Å². The zero-order chi connectivity index (χ0) is 10.8. The van der Waals surface area contributed by atoms with E-state index in [1.54, 1.807) is 0 Å². The molecule has 1 saturated carbocycles. The molecule has 1 aliphatic heterocycles. The molecule has 0 amide bonds. The van der Waals surface area contributed by atoms with Gasteiger partial charge in [-0.05, 0) is 38.3 Å². The van der Waals surface area contributed by atoms with Gasteiger partial charge in [-0.3, -0.25) is 9.69 Å². The quantitative estimate of drug-likeness (QED) is 0.651.